The first kappa shape index (κ1) is 13.9. The van der Waals surface area contributed by atoms with Gasteiger partial charge in [0.15, 0.2) is 0 Å². The third-order valence-corrected chi connectivity index (χ3v) is 2.85. The number of nitrogens with one attached hydrogen (secondary N) is 1. The molecule has 4 heteroatoms. The van der Waals surface area contributed by atoms with Crippen LogP contribution in [-0.2, 0) is 11.2 Å². The van der Waals surface area contributed by atoms with E-state index in [2.05, 4.69) is 29.1 Å². The molecule has 1 rings (SSSR count). The Hall–Kier alpha value is -1.16. The fourth-order valence-corrected chi connectivity index (χ4v) is 1.53. The molecule has 96 valence electrons. The second-order valence-electron chi connectivity index (χ2n) is 4.38. The Balaban J connectivity index is 2.89. The third-order valence-electron chi connectivity index (χ3n) is 2.85. The van der Waals surface area contributed by atoms with Crippen LogP contribution in [0.4, 0.5) is 5.82 Å². The molecule has 1 atom stereocenters. The summed E-state index contributed by atoms with van der Waals surface area (Å²) < 4.78 is 5.24. The quantitative estimate of drug-likeness (QED) is 0.825. The highest BCUT2D eigenvalue weighted by Crippen LogP contribution is 2.15. The van der Waals surface area contributed by atoms with Gasteiger partial charge in [0.1, 0.15) is 11.6 Å². The maximum absolute atomic E-state index is 5.24. The Bertz CT molecular complexity index is 366. The molecule has 1 aromatic rings. The molecule has 0 bridgehead atoms. The van der Waals surface area contributed by atoms with Gasteiger partial charge in [0.05, 0.1) is 6.10 Å². The summed E-state index contributed by atoms with van der Waals surface area (Å²) in [4.78, 5) is 9.05. The summed E-state index contributed by atoms with van der Waals surface area (Å²) in [6.07, 6.45) is 1.99. The van der Waals surface area contributed by atoms with Crippen LogP contribution < -0.4 is 5.32 Å². The van der Waals surface area contributed by atoms with Gasteiger partial charge in [0.2, 0.25) is 0 Å². The van der Waals surface area contributed by atoms with Crippen molar-refractivity contribution in [3.05, 3.63) is 17.1 Å². The normalized spacial score (nSPS) is 12.5. The van der Waals surface area contributed by atoms with Gasteiger partial charge in [-0.15, -0.1) is 0 Å². The van der Waals surface area contributed by atoms with Crippen LogP contribution in [0.15, 0.2) is 0 Å². The van der Waals surface area contributed by atoms with Gasteiger partial charge < -0.3 is 10.1 Å². The van der Waals surface area contributed by atoms with Crippen molar-refractivity contribution in [3.8, 4) is 0 Å². The average molecular weight is 237 g/mol. The zero-order chi connectivity index (χ0) is 12.8. The van der Waals surface area contributed by atoms with Crippen LogP contribution in [-0.4, -0.2) is 29.7 Å². The van der Waals surface area contributed by atoms with E-state index >= 15 is 0 Å². The van der Waals surface area contributed by atoms with Crippen molar-refractivity contribution in [2.75, 3.05) is 19.0 Å². The van der Waals surface area contributed by atoms with Crippen molar-refractivity contribution in [1.82, 2.24) is 9.97 Å². The molecule has 17 heavy (non-hydrogen) atoms. The summed E-state index contributed by atoms with van der Waals surface area (Å²) in [5.74, 6) is 1.80. The van der Waals surface area contributed by atoms with Crippen molar-refractivity contribution in [2.45, 2.75) is 46.6 Å². The minimum absolute atomic E-state index is 0.149. The van der Waals surface area contributed by atoms with Gasteiger partial charge in [0, 0.05) is 31.3 Å². The predicted octanol–water partition coefficient (Wildman–Crippen LogP) is 2.49. The number of rotatable bonds is 6. The Labute approximate surface area is 104 Å². The number of hydrogen-bond acceptors (Lipinski definition) is 4. The lowest BCUT2D eigenvalue weighted by Crippen LogP contribution is -2.14. The van der Waals surface area contributed by atoms with Crippen LogP contribution in [0.1, 0.15) is 37.4 Å². The molecule has 1 N–H and O–H groups in total. The van der Waals surface area contributed by atoms with Crippen LogP contribution in [0.25, 0.3) is 0 Å². The van der Waals surface area contributed by atoms with E-state index in [4.69, 9.17) is 4.74 Å². The lowest BCUT2D eigenvalue weighted by Gasteiger charge is -2.13. The number of nitrogens with zero attached hydrogens (tertiary/aromatic N) is 2. The fraction of sp³-hybridized carbons (Fsp3) is 0.692. The van der Waals surface area contributed by atoms with Crippen LogP contribution in [0.5, 0.6) is 0 Å². The van der Waals surface area contributed by atoms with Crippen LogP contribution in [0.2, 0.25) is 0 Å². The maximum Gasteiger partial charge on any atom is 0.133 e. The lowest BCUT2D eigenvalue weighted by atomic mass is 10.2. The van der Waals surface area contributed by atoms with Crippen molar-refractivity contribution < 1.29 is 4.74 Å². The second kappa shape index (κ2) is 6.55. The smallest absolute Gasteiger partial charge is 0.133 e. The van der Waals surface area contributed by atoms with Gasteiger partial charge in [-0.25, -0.2) is 9.97 Å². The summed E-state index contributed by atoms with van der Waals surface area (Å²) in [5.41, 5.74) is 2.17. The summed E-state index contributed by atoms with van der Waals surface area (Å²) in [6.45, 7) is 9.19. The van der Waals surface area contributed by atoms with Crippen molar-refractivity contribution in [1.29, 1.82) is 0 Å². The first-order valence-electron chi connectivity index (χ1n) is 6.19. The highest BCUT2D eigenvalue weighted by atomic mass is 16.5. The van der Waals surface area contributed by atoms with E-state index in [1.165, 1.54) is 0 Å². The Morgan fingerprint density at radius 2 is 2.00 bits per heavy atom. The number of aryl methyl sites for hydroxylation is 1. The minimum Gasteiger partial charge on any atom is -0.381 e. The standard InChI is InChI=1S/C13H23N3O/c1-6-7-14-13-10(3)11(4)15-12(16-13)8-9(2)17-5/h9H,6-8H2,1-5H3,(H,14,15,16). The van der Waals surface area contributed by atoms with Gasteiger partial charge in [-0.3, -0.25) is 0 Å². The van der Waals surface area contributed by atoms with E-state index < -0.39 is 0 Å². The molecule has 1 unspecified atom stereocenters. The molecular weight excluding hydrogens is 214 g/mol. The van der Waals surface area contributed by atoms with E-state index in [1.807, 2.05) is 13.8 Å². The molecule has 0 aliphatic rings. The minimum atomic E-state index is 0.149. The Morgan fingerprint density at radius 1 is 1.29 bits per heavy atom. The molecule has 0 aromatic carbocycles. The highest BCUT2D eigenvalue weighted by Gasteiger charge is 2.10. The summed E-state index contributed by atoms with van der Waals surface area (Å²) >= 11 is 0. The molecule has 0 aliphatic carbocycles. The number of aromatic nitrogens is 2. The lowest BCUT2D eigenvalue weighted by molar-refractivity contribution is 0.117. The van der Waals surface area contributed by atoms with Gasteiger partial charge in [0.25, 0.3) is 0 Å². The zero-order valence-electron chi connectivity index (χ0n) is 11.5. The third kappa shape index (κ3) is 3.97. The molecule has 0 radical (unpaired) electrons. The molecule has 0 aliphatic heterocycles. The Kier molecular flexibility index (Phi) is 5.35. The molecule has 0 spiro atoms. The second-order valence-corrected chi connectivity index (χ2v) is 4.38. The summed E-state index contributed by atoms with van der Waals surface area (Å²) in [6, 6.07) is 0. The molecule has 1 aromatic heterocycles. The first-order valence-corrected chi connectivity index (χ1v) is 6.19. The SMILES string of the molecule is CCCNc1nc(CC(C)OC)nc(C)c1C. The molecule has 0 fully saturated rings. The first-order chi connectivity index (χ1) is 8.08. The molecule has 1 heterocycles. The monoisotopic (exact) mass is 237 g/mol. The van der Waals surface area contributed by atoms with E-state index in [9.17, 15) is 0 Å². The van der Waals surface area contributed by atoms with Gasteiger partial charge in [-0.1, -0.05) is 6.92 Å². The summed E-state index contributed by atoms with van der Waals surface area (Å²) in [5, 5.41) is 3.34. The molecule has 0 saturated heterocycles. The van der Waals surface area contributed by atoms with Crippen molar-refractivity contribution in [2.24, 2.45) is 0 Å². The molecule has 4 nitrogen and oxygen atoms in total. The number of anilines is 1. The van der Waals surface area contributed by atoms with Gasteiger partial charge in [-0.05, 0) is 27.2 Å². The van der Waals surface area contributed by atoms with E-state index in [-0.39, 0.29) is 6.10 Å². The van der Waals surface area contributed by atoms with Gasteiger partial charge >= 0.3 is 0 Å². The predicted molar refractivity (Wildman–Crippen MR) is 70.5 cm³/mol. The van der Waals surface area contributed by atoms with Gasteiger partial charge in [-0.2, -0.15) is 0 Å². The van der Waals surface area contributed by atoms with E-state index in [0.717, 1.165) is 42.3 Å². The van der Waals surface area contributed by atoms with Crippen LogP contribution >= 0.6 is 0 Å². The number of ether oxygens (including phenoxy) is 1. The highest BCUT2D eigenvalue weighted by molar-refractivity contribution is 5.45. The fourth-order valence-electron chi connectivity index (χ4n) is 1.53. The van der Waals surface area contributed by atoms with E-state index in [1.54, 1.807) is 7.11 Å². The molecule has 0 saturated carbocycles. The zero-order valence-corrected chi connectivity index (χ0v) is 11.5. The van der Waals surface area contributed by atoms with Crippen molar-refractivity contribution >= 4 is 5.82 Å². The average Bonchev–Trinajstić information content (AvgIpc) is 2.31. The van der Waals surface area contributed by atoms with Crippen molar-refractivity contribution in [3.63, 3.8) is 0 Å². The topological polar surface area (TPSA) is 47.0 Å². The maximum atomic E-state index is 5.24. The molecule has 0 amide bonds. The summed E-state index contributed by atoms with van der Waals surface area (Å²) in [7, 11) is 1.71. The van der Waals surface area contributed by atoms with E-state index in [0.29, 0.717) is 0 Å². The van der Waals surface area contributed by atoms with Crippen LogP contribution in [0.3, 0.4) is 0 Å². The largest absolute Gasteiger partial charge is 0.381 e. The molecular formula is C13H23N3O. The number of hydrogen-bond donors (Lipinski definition) is 1. The van der Waals surface area contributed by atoms with Crippen LogP contribution in [0, 0.1) is 13.8 Å². The number of methoxy groups -OCH3 is 1. The Morgan fingerprint density at radius 3 is 2.59 bits per heavy atom.